The first-order valence-corrected chi connectivity index (χ1v) is 9.92. The van der Waals surface area contributed by atoms with E-state index in [-0.39, 0.29) is 47.2 Å². The van der Waals surface area contributed by atoms with Crippen molar-refractivity contribution in [3.05, 3.63) is 52.3 Å². The Morgan fingerprint density at radius 2 is 2.00 bits per heavy atom. The van der Waals surface area contributed by atoms with E-state index in [9.17, 15) is 18.2 Å². The van der Waals surface area contributed by atoms with Gasteiger partial charge in [-0.1, -0.05) is 12.2 Å². The molecule has 4 rings (SSSR count). The smallest absolute Gasteiger partial charge is 0.716 e. The van der Waals surface area contributed by atoms with Crippen LogP contribution in [0, 0.1) is 5.21 Å². The number of fused-ring (bicyclic) bond motifs is 1. The fourth-order valence-corrected chi connectivity index (χ4v) is 4.97. The summed E-state index contributed by atoms with van der Waals surface area (Å²) < 4.78 is 48.3. The Bertz CT molecular complexity index is 961. The van der Waals surface area contributed by atoms with Crippen LogP contribution in [0.15, 0.2) is 35.9 Å². The van der Waals surface area contributed by atoms with Gasteiger partial charge < -0.3 is 28.1 Å². The summed E-state index contributed by atoms with van der Waals surface area (Å²) in [7, 11) is -2.03. The van der Waals surface area contributed by atoms with E-state index in [1.807, 2.05) is 18.2 Å². The van der Waals surface area contributed by atoms with Crippen molar-refractivity contribution in [3.63, 3.8) is 0 Å². The van der Waals surface area contributed by atoms with Crippen molar-refractivity contribution >= 4 is 10.4 Å². The van der Waals surface area contributed by atoms with Gasteiger partial charge in [-0.05, 0) is 23.8 Å². The van der Waals surface area contributed by atoms with Crippen LogP contribution >= 0.6 is 0 Å². The average Bonchev–Trinajstić information content (AvgIpc) is 2.93. The molecule has 3 aliphatic rings. The van der Waals surface area contributed by atoms with Gasteiger partial charge >= 0.3 is 29.6 Å². The number of hydrogen-bond acceptors (Lipinski definition) is 7. The maximum Gasteiger partial charge on any atom is 1.00 e. The largest absolute Gasteiger partial charge is 1.00 e. The summed E-state index contributed by atoms with van der Waals surface area (Å²) >= 11 is 0. The summed E-state index contributed by atoms with van der Waals surface area (Å²) in [5.74, 6) is -0.0579. The number of hydrogen-bond donors (Lipinski definition) is 0. The zero-order chi connectivity index (χ0) is 19.4. The SMILES string of the molecule is COc1cc2c(cc1OS(=O)(=O)[O-])[C@@]13C[C@@H](OC)C=CC1=CC[N+]3([O-])CC2.[Na+]. The molecule has 1 aromatic carbocycles. The minimum Gasteiger partial charge on any atom is -0.716 e. The Balaban J connectivity index is 0.00000225. The van der Waals surface area contributed by atoms with Crippen molar-refractivity contribution in [1.29, 1.82) is 0 Å². The first-order valence-electron chi connectivity index (χ1n) is 8.59. The van der Waals surface area contributed by atoms with Gasteiger partial charge in [0, 0.05) is 31.1 Å². The van der Waals surface area contributed by atoms with Gasteiger partial charge in [0.25, 0.3) is 10.4 Å². The van der Waals surface area contributed by atoms with Gasteiger partial charge in [-0.2, -0.15) is 0 Å². The number of quaternary nitrogens is 1. The third kappa shape index (κ3) is 3.23. The second-order valence-corrected chi connectivity index (χ2v) is 8.04. The van der Waals surface area contributed by atoms with Crippen molar-refractivity contribution in [1.82, 2.24) is 0 Å². The van der Waals surface area contributed by atoms with Crippen LogP contribution in [-0.4, -0.2) is 51.0 Å². The first kappa shape index (κ1) is 21.8. The number of hydroxylamine groups is 3. The molecular formula is C18H20NNaO7S. The van der Waals surface area contributed by atoms with Crippen molar-refractivity contribution in [2.45, 2.75) is 24.5 Å². The van der Waals surface area contributed by atoms with Gasteiger partial charge in [0.15, 0.2) is 17.0 Å². The molecular weight excluding hydrogens is 397 g/mol. The predicted octanol–water partition coefficient (Wildman–Crippen LogP) is -1.48. The fourth-order valence-electron chi connectivity index (χ4n) is 4.62. The average molecular weight is 417 g/mol. The number of methoxy groups -OCH3 is 2. The Labute approximate surface area is 186 Å². The molecule has 3 atom stereocenters. The van der Waals surface area contributed by atoms with E-state index in [1.54, 1.807) is 13.2 Å². The maximum absolute atomic E-state index is 13.8. The molecule has 10 heteroatoms. The molecule has 1 unspecified atom stereocenters. The number of ether oxygens (including phenoxy) is 2. The van der Waals surface area contributed by atoms with Crippen LogP contribution in [0.2, 0.25) is 0 Å². The van der Waals surface area contributed by atoms with E-state index >= 15 is 0 Å². The molecule has 0 saturated heterocycles. The summed E-state index contributed by atoms with van der Waals surface area (Å²) in [5, 5.41) is 13.8. The second-order valence-electron chi connectivity index (χ2n) is 7.05. The molecule has 1 spiro atoms. The summed E-state index contributed by atoms with van der Waals surface area (Å²) in [6, 6.07) is 3.13. The van der Waals surface area contributed by atoms with Crippen LogP contribution in [-0.2, 0) is 27.1 Å². The molecule has 146 valence electrons. The Kier molecular flexibility index (Phi) is 5.76. The molecule has 2 heterocycles. The molecule has 1 aliphatic carbocycles. The van der Waals surface area contributed by atoms with E-state index in [1.165, 1.54) is 13.2 Å². The number of benzene rings is 1. The standard InChI is InChI=1S/C18H21NO7S.Na/c1-24-14-4-3-13-6-8-19(20)7-5-12-9-16(25-2)17(26-27(21,22)23)10-15(12)18(13,19)11-14;/h3-4,6,9-10,14H,5,7-8,11H2,1-2H3,(H,21,22,23);/q;+1/p-1/t14-,18+,19?;/m0./s1. The topological polar surface area (TPSA) is 108 Å². The molecule has 28 heavy (non-hydrogen) atoms. The van der Waals surface area contributed by atoms with Crippen LogP contribution in [0.3, 0.4) is 0 Å². The van der Waals surface area contributed by atoms with Gasteiger partial charge in [-0.3, -0.25) is 0 Å². The van der Waals surface area contributed by atoms with Gasteiger partial charge in [0.05, 0.1) is 26.3 Å². The molecule has 0 N–H and O–H groups in total. The molecule has 0 fully saturated rings. The molecule has 8 nitrogen and oxygen atoms in total. The Morgan fingerprint density at radius 3 is 2.64 bits per heavy atom. The fraction of sp³-hybridized carbons (Fsp3) is 0.444. The minimum absolute atomic E-state index is 0. The Morgan fingerprint density at radius 1 is 1.25 bits per heavy atom. The maximum atomic E-state index is 13.8. The van der Waals surface area contributed by atoms with E-state index in [0.717, 1.165) is 11.1 Å². The van der Waals surface area contributed by atoms with Crippen LogP contribution < -0.4 is 38.5 Å². The van der Waals surface area contributed by atoms with Crippen LogP contribution in [0.1, 0.15) is 17.5 Å². The third-order valence-corrected chi connectivity index (χ3v) is 6.22. The quantitative estimate of drug-likeness (QED) is 0.193. The van der Waals surface area contributed by atoms with E-state index in [0.29, 0.717) is 31.5 Å². The van der Waals surface area contributed by atoms with Crippen molar-refractivity contribution < 1.29 is 60.8 Å². The number of rotatable bonds is 4. The second kappa shape index (κ2) is 7.41. The molecule has 1 aromatic rings. The molecule has 0 radical (unpaired) electrons. The van der Waals surface area contributed by atoms with Gasteiger partial charge in [0.2, 0.25) is 0 Å². The molecule has 0 amide bonds. The Hall–Kier alpha value is -0.910. The number of nitrogens with zero attached hydrogens (tertiary/aromatic N) is 1. The molecule has 0 saturated carbocycles. The molecule has 0 bridgehead atoms. The van der Waals surface area contributed by atoms with E-state index in [4.69, 9.17) is 9.47 Å². The van der Waals surface area contributed by atoms with Gasteiger partial charge in [-0.25, -0.2) is 8.42 Å². The van der Waals surface area contributed by atoms with Crippen molar-refractivity contribution in [2.24, 2.45) is 0 Å². The summed E-state index contributed by atoms with van der Waals surface area (Å²) in [5.41, 5.74) is 1.51. The summed E-state index contributed by atoms with van der Waals surface area (Å²) in [6.07, 6.45) is 6.46. The van der Waals surface area contributed by atoms with Crippen LogP contribution in [0.4, 0.5) is 0 Å². The zero-order valence-electron chi connectivity index (χ0n) is 16.0. The van der Waals surface area contributed by atoms with Gasteiger partial charge in [-0.15, -0.1) is 0 Å². The van der Waals surface area contributed by atoms with E-state index < -0.39 is 20.6 Å². The molecule has 0 aromatic heterocycles. The van der Waals surface area contributed by atoms with E-state index in [2.05, 4.69) is 4.18 Å². The third-order valence-electron chi connectivity index (χ3n) is 5.84. The predicted molar refractivity (Wildman–Crippen MR) is 94.7 cm³/mol. The zero-order valence-corrected chi connectivity index (χ0v) is 18.8. The molecule has 2 aliphatic heterocycles. The minimum atomic E-state index is -4.99. The van der Waals surface area contributed by atoms with Crippen molar-refractivity contribution in [3.8, 4) is 11.5 Å². The van der Waals surface area contributed by atoms with Crippen LogP contribution in [0.5, 0.6) is 11.5 Å². The monoisotopic (exact) mass is 417 g/mol. The summed E-state index contributed by atoms with van der Waals surface area (Å²) in [4.78, 5) is 0. The summed E-state index contributed by atoms with van der Waals surface area (Å²) in [6.45, 7) is 0.720. The normalized spacial score (nSPS) is 30.4. The van der Waals surface area contributed by atoms with Gasteiger partial charge in [0.1, 0.15) is 0 Å². The van der Waals surface area contributed by atoms with Crippen molar-refractivity contribution in [2.75, 3.05) is 27.3 Å². The van der Waals surface area contributed by atoms with Crippen LogP contribution in [0.25, 0.3) is 0 Å². The first-order chi connectivity index (χ1) is 12.7.